The third-order valence-electron chi connectivity index (χ3n) is 2.42. The normalized spacial score (nSPS) is 10.8. The van der Waals surface area contributed by atoms with Gasteiger partial charge in [0.15, 0.2) is 11.5 Å². The van der Waals surface area contributed by atoms with E-state index < -0.39 is 0 Å². The largest absolute Gasteiger partial charge is 0.493 e. The summed E-state index contributed by atoms with van der Waals surface area (Å²) in [6.07, 6.45) is 0.0188. The molecule has 0 fully saturated rings. The molecule has 1 aromatic heterocycles. The van der Waals surface area contributed by atoms with Crippen LogP contribution in [0.3, 0.4) is 0 Å². The summed E-state index contributed by atoms with van der Waals surface area (Å²) in [4.78, 5) is 0. The van der Waals surface area contributed by atoms with Gasteiger partial charge in [-0.1, -0.05) is 16.8 Å². The third-order valence-corrected chi connectivity index (χ3v) is 2.73. The van der Waals surface area contributed by atoms with Crippen LogP contribution in [0.15, 0.2) is 22.7 Å². The van der Waals surface area contributed by atoms with Crippen molar-refractivity contribution in [2.24, 2.45) is 0 Å². The monoisotopic (exact) mass is 282 g/mol. The Balaban J connectivity index is 2.49. The lowest BCUT2D eigenvalue weighted by Gasteiger charge is -2.15. The third kappa shape index (κ3) is 2.93. The molecule has 102 valence electrons. The molecule has 0 aliphatic heterocycles. The average molecular weight is 283 g/mol. The highest BCUT2D eigenvalue weighted by molar-refractivity contribution is 6.33. The predicted molar refractivity (Wildman–Crippen MR) is 73.7 cm³/mol. The molecule has 19 heavy (non-hydrogen) atoms. The van der Waals surface area contributed by atoms with Crippen LogP contribution >= 0.6 is 11.6 Å². The molecule has 5 nitrogen and oxygen atoms in total. The van der Waals surface area contributed by atoms with Crippen molar-refractivity contribution < 1.29 is 14.0 Å². The summed E-state index contributed by atoms with van der Waals surface area (Å²) in [5.41, 5.74) is 6.75. The van der Waals surface area contributed by atoms with Gasteiger partial charge in [-0.05, 0) is 19.9 Å². The summed E-state index contributed by atoms with van der Waals surface area (Å²) in [5.74, 6) is 1.39. The van der Waals surface area contributed by atoms with Crippen molar-refractivity contribution in [2.45, 2.75) is 20.0 Å². The zero-order valence-corrected chi connectivity index (χ0v) is 11.7. The first kappa shape index (κ1) is 13.5. The molecule has 0 bridgehead atoms. The summed E-state index contributed by atoms with van der Waals surface area (Å²) in [6.45, 7) is 3.86. The van der Waals surface area contributed by atoms with Gasteiger partial charge in [-0.25, -0.2) is 0 Å². The van der Waals surface area contributed by atoms with E-state index in [0.29, 0.717) is 27.8 Å². The van der Waals surface area contributed by atoms with Crippen LogP contribution in [0.4, 0.5) is 5.88 Å². The van der Waals surface area contributed by atoms with Gasteiger partial charge in [0.1, 0.15) is 5.69 Å². The Morgan fingerprint density at radius 3 is 2.53 bits per heavy atom. The fourth-order valence-electron chi connectivity index (χ4n) is 1.65. The SMILES string of the molecule is COc1cc(Cl)c(-c2cc(N)on2)cc1OC(C)C. The molecule has 2 aromatic rings. The van der Waals surface area contributed by atoms with Crippen molar-refractivity contribution >= 4 is 17.5 Å². The number of hydrogen-bond acceptors (Lipinski definition) is 5. The lowest BCUT2D eigenvalue weighted by molar-refractivity contribution is 0.230. The second-order valence-corrected chi connectivity index (χ2v) is 4.67. The standard InChI is InChI=1S/C13H15ClN2O3/c1-7(2)18-12-4-8(9(14)5-11(12)17-3)10-6-13(15)19-16-10/h4-7H,15H2,1-3H3. The Morgan fingerprint density at radius 2 is 2.00 bits per heavy atom. The van der Waals surface area contributed by atoms with E-state index in [-0.39, 0.29) is 12.0 Å². The molecular weight excluding hydrogens is 268 g/mol. The van der Waals surface area contributed by atoms with Gasteiger partial charge in [0.2, 0.25) is 5.88 Å². The van der Waals surface area contributed by atoms with Gasteiger partial charge >= 0.3 is 0 Å². The quantitative estimate of drug-likeness (QED) is 0.931. The Labute approximate surface area is 116 Å². The second-order valence-electron chi connectivity index (χ2n) is 4.26. The first-order chi connectivity index (χ1) is 9.01. The summed E-state index contributed by atoms with van der Waals surface area (Å²) < 4.78 is 15.8. The number of aromatic nitrogens is 1. The number of nitrogens with zero attached hydrogens (tertiary/aromatic N) is 1. The topological polar surface area (TPSA) is 70.5 Å². The minimum Gasteiger partial charge on any atom is -0.493 e. The number of hydrogen-bond donors (Lipinski definition) is 1. The van der Waals surface area contributed by atoms with Crippen LogP contribution in [0.2, 0.25) is 5.02 Å². The maximum absolute atomic E-state index is 6.20. The summed E-state index contributed by atoms with van der Waals surface area (Å²) in [5, 5.41) is 4.33. The molecule has 2 N–H and O–H groups in total. The Hall–Kier alpha value is -1.88. The molecule has 0 unspecified atom stereocenters. The van der Waals surface area contributed by atoms with Crippen molar-refractivity contribution in [3.8, 4) is 22.8 Å². The van der Waals surface area contributed by atoms with Gasteiger partial charge in [0.25, 0.3) is 0 Å². The fourth-order valence-corrected chi connectivity index (χ4v) is 1.90. The summed E-state index contributed by atoms with van der Waals surface area (Å²) in [6, 6.07) is 5.05. The molecule has 0 aliphatic carbocycles. The van der Waals surface area contributed by atoms with Crippen LogP contribution in [0.25, 0.3) is 11.3 Å². The minimum absolute atomic E-state index is 0.0188. The summed E-state index contributed by atoms with van der Waals surface area (Å²) >= 11 is 6.20. The van der Waals surface area contributed by atoms with E-state index in [4.69, 9.17) is 31.3 Å². The van der Waals surface area contributed by atoms with Gasteiger partial charge in [-0.15, -0.1) is 0 Å². The van der Waals surface area contributed by atoms with Crippen LogP contribution in [0.1, 0.15) is 13.8 Å². The number of nitrogens with two attached hydrogens (primary N) is 1. The Bertz CT molecular complexity index is 581. The van der Waals surface area contributed by atoms with Crippen LogP contribution in [-0.4, -0.2) is 18.4 Å². The van der Waals surface area contributed by atoms with E-state index in [2.05, 4.69) is 5.16 Å². The maximum atomic E-state index is 6.20. The summed E-state index contributed by atoms with van der Waals surface area (Å²) in [7, 11) is 1.56. The van der Waals surface area contributed by atoms with Crippen LogP contribution in [0.5, 0.6) is 11.5 Å². The van der Waals surface area contributed by atoms with E-state index in [1.165, 1.54) is 0 Å². The van der Waals surface area contributed by atoms with Crippen molar-refractivity contribution in [1.82, 2.24) is 5.16 Å². The van der Waals surface area contributed by atoms with E-state index in [0.717, 1.165) is 0 Å². The number of benzene rings is 1. The van der Waals surface area contributed by atoms with Crippen LogP contribution in [-0.2, 0) is 0 Å². The molecular formula is C13H15ClN2O3. The maximum Gasteiger partial charge on any atom is 0.222 e. The molecule has 0 atom stereocenters. The molecule has 0 amide bonds. The second kappa shape index (κ2) is 5.40. The minimum atomic E-state index is 0.0188. The van der Waals surface area contributed by atoms with Gasteiger partial charge in [0, 0.05) is 17.7 Å². The predicted octanol–water partition coefficient (Wildman–Crippen LogP) is 3.37. The first-order valence-corrected chi connectivity index (χ1v) is 6.15. The molecule has 0 aliphatic rings. The molecule has 0 saturated heterocycles. The van der Waals surface area contributed by atoms with Gasteiger partial charge < -0.3 is 19.7 Å². The molecule has 0 saturated carbocycles. The zero-order chi connectivity index (χ0) is 14.0. The fraction of sp³-hybridized carbons (Fsp3) is 0.308. The lowest BCUT2D eigenvalue weighted by Crippen LogP contribution is -2.07. The van der Waals surface area contributed by atoms with Gasteiger partial charge in [-0.2, -0.15) is 0 Å². The van der Waals surface area contributed by atoms with Crippen molar-refractivity contribution in [3.63, 3.8) is 0 Å². The highest BCUT2D eigenvalue weighted by Crippen LogP contribution is 2.38. The van der Waals surface area contributed by atoms with E-state index in [1.54, 1.807) is 25.3 Å². The number of methoxy groups -OCH3 is 1. The van der Waals surface area contributed by atoms with Crippen LogP contribution in [0, 0.1) is 0 Å². The number of halogens is 1. The zero-order valence-electron chi connectivity index (χ0n) is 10.9. The number of rotatable bonds is 4. The highest BCUT2D eigenvalue weighted by Gasteiger charge is 2.15. The molecule has 1 aromatic carbocycles. The molecule has 6 heteroatoms. The molecule has 2 rings (SSSR count). The number of nitrogen functional groups attached to an aromatic ring is 1. The lowest BCUT2D eigenvalue weighted by atomic mass is 10.1. The van der Waals surface area contributed by atoms with E-state index in [9.17, 15) is 0 Å². The smallest absolute Gasteiger partial charge is 0.222 e. The van der Waals surface area contributed by atoms with E-state index in [1.807, 2.05) is 13.8 Å². The van der Waals surface area contributed by atoms with Gasteiger partial charge in [-0.3, -0.25) is 0 Å². The number of ether oxygens (including phenoxy) is 2. The highest BCUT2D eigenvalue weighted by atomic mass is 35.5. The van der Waals surface area contributed by atoms with Crippen molar-refractivity contribution in [3.05, 3.63) is 23.2 Å². The average Bonchev–Trinajstić information content (AvgIpc) is 2.77. The van der Waals surface area contributed by atoms with E-state index >= 15 is 0 Å². The van der Waals surface area contributed by atoms with Gasteiger partial charge in [0.05, 0.1) is 18.2 Å². The molecule has 0 spiro atoms. The molecule has 0 radical (unpaired) electrons. The Kier molecular flexibility index (Phi) is 3.85. The van der Waals surface area contributed by atoms with Crippen molar-refractivity contribution in [1.29, 1.82) is 0 Å². The van der Waals surface area contributed by atoms with Crippen LogP contribution < -0.4 is 15.2 Å². The first-order valence-electron chi connectivity index (χ1n) is 5.78. The Morgan fingerprint density at radius 1 is 1.26 bits per heavy atom. The number of anilines is 1. The van der Waals surface area contributed by atoms with Crippen molar-refractivity contribution in [2.75, 3.05) is 12.8 Å². The molecule has 1 heterocycles.